The number of aromatic hydroxyl groups is 1. The third kappa shape index (κ3) is 3.90. The topological polar surface area (TPSA) is 59.8 Å². The van der Waals surface area contributed by atoms with Gasteiger partial charge in [0.05, 0.1) is 26.0 Å². The van der Waals surface area contributed by atoms with E-state index in [4.69, 9.17) is 9.47 Å². The minimum absolute atomic E-state index is 0.0471. The fourth-order valence-corrected chi connectivity index (χ4v) is 3.58. The van der Waals surface area contributed by atoms with Gasteiger partial charge in [0, 0.05) is 19.8 Å². The zero-order chi connectivity index (χ0) is 17.8. The number of aromatic nitrogens is 2. The first-order chi connectivity index (χ1) is 12.1. The van der Waals surface area contributed by atoms with Crippen molar-refractivity contribution in [3.05, 3.63) is 35.7 Å². The molecule has 1 atom stereocenters. The summed E-state index contributed by atoms with van der Waals surface area (Å²) in [7, 11) is 5.07. The van der Waals surface area contributed by atoms with Crippen molar-refractivity contribution < 1.29 is 14.6 Å². The van der Waals surface area contributed by atoms with E-state index in [0.29, 0.717) is 17.5 Å². The Hall–Kier alpha value is -2.21. The molecule has 0 amide bonds. The van der Waals surface area contributed by atoms with E-state index in [1.165, 1.54) is 19.3 Å². The van der Waals surface area contributed by atoms with E-state index in [9.17, 15) is 5.11 Å². The minimum Gasteiger partial charge on any atom is -0.502 e. The second-order valence-electron chi connectivity index (χ2n) is 6.60. The van der Waals surface area contributed by atoms with Crippen molar-refractivity contribution in [2.75, 3.05) is 20.8 Å². The second kappa shape index (κ2) is 7.78. The lowest BCUT2D eigenvalue weighted by atomic mass is 10.1. The zero-order valence-corrected chi connectivity index (χ0v) is 15.2. The summed E-state index contributed by atoms with van der Waals surface area (Å²) in [6.45, 7) is 1.81. The van der Waals surface area contributed by atoms with Crippen LogP contribution in [-0.4, -0.2) is 40.6 Å². The van der Waals surface area contributed by atoms with Crippen LogP contribution < -0.4 is 9.47 Å². The van der Waals surface area contributed by atoms with Crippen molar-refractivity contribution >= 4 is 0 Å². The molecule has 1 unspecified atom stereocenters. The lowest BCUT2D eigenvalue weighted by Gasteiger charge is -2.29. The summed E-state index contributed by atoms with van der Waals surface area (Å²) in [5.41, 5.74) is 2.19. The number of benzene rings is 1. The first-order valence-corrected chi connectivity index (χ1v) is 8.80. The van der Waals surface area contributed by atoms with Crippen LogP contribution in [0.2, 0.25) is 0 Å². The predicted molar refractivity (Wildman–Crippen MR) is 96.0 cm³/mol. The van der Waals surface area contributed by atoms with Gasteiger partial charge >= 0.3 is 0 Å². The number of likely N-dealkylation sites (tertiary alicyclic amines) is 1. The Balaban J connectivity index is 1.88. The van der Waals surface area contributed by atoms with Crippen LogP contribution in [0.4, 0.5) is 0 Å². The van der Waals surface area contributed by atoms with Gasteiger partial charge in [0.2, 0.25) is 5.75 Å². The quantitative estimate of drug-likeness (QED) is 0.901. The molecule has 1 fully saturated rings. The van der Waals surface area contributed by atoms with Crippen molar-refractivity contribution in [2.45, 2.75) is 38.3 Å². The maximum Gasteiger partial charge on any atom is 0.200 e. The Morgan fingerprint density at radius 3 is 2.48 bits per heavy atom. The van der Waals surface area contributed by atoms with E-state index in [-0.39, 0.29) is 5.75 Å². The highest BCUT2D eigenvalue weighted by Gasteiger charge is 2.25. The third-order valence-electron chi connectivity index (χ3n) is 4.86. The molecule has 1 aliphatic heterocycles. The monoisotopic (exact) mass is 345 g/mol. The number of methoxy groups -OCH3 is 2. The van der Waals surface area contributed by atoms with Crippen LogP contribution in [0.3, 0.4) is 0 Å². The molecule has 136 valence electrons. The molecule has 25 heavy (non-hydrogen) atoms. The van der Waals surface area contributed by atoms with Crippen LogP contribution in [0.5, 0.6) is 17.2 Å². The molecule has 0 radical (unpaired) electrons. The number of nitrogens with zero attached hydrogens (tertiary/aromatic N) is 3. The molecular weight excluding hydrogens is 318 g/mol. The fourth-order valence-electron chi connectivity index (χ4n) is 3.58. The predicted octanol–water partition coefficient (Wildman–Crippen LogP) is 3.26. The van der Waals surface area contributed by atoms with Crippen molar-refractivity contribution in [3.63, 3.8) is 0 Å². The van der Waals surface area contributed by atoms with Gasteiger partial charge in [-0.25, -0.2) is 0 Å². The first-order valence-electron chi connectivity index (χ1n) is 8.80. The number of rotatable bonds is 5. The van der Waals surface area contributed by atoms with Crippen molar-refractivity contribution in [1.82, 2.24) is 14.7 Å². The first kappa shape index (κ1) is 17.6. The SMILES string of the molecule is COc1cc(CN2CCCCCC2c2ccn(C)n2)cc(OC)c1O. The number of phenolic OH excluding ortho intramolecular Hbond substituents is 1. The Bertz CT molecular complexity index is 689. The van der Waals surface area contributed by atoms with Gasteiger partial charge in [-0.15, -0.1) is 0 Å². The van der Waals surface area contributed by atoms with Crippen LogP contribution in [0.15, 0.2) is 24.4 Å². The molecule has 0 spiro atoms. The van der Waals surface area contributed by atoms with Gasteiger partial charge in [0.1, 0.15) is 0 Å². The highest BCUT2D eigenvalue weighted by Crippen LogP contribution is 2.38. The Morgan fingerprint density at radius 1 is 1.16 bits per heavy atom. The molecule has 3 rings (SSSR count). The Morgan fingerprint density at radius 2 is 1.88 bits per heavy atom. The molecule has 2 heterocycles. The smallest absolute Gasteiger partial charge is 0.200 e. The van der Waals surface area contributed by atoms with Gasteiger partial charge in [-0.2, -0.15) is 5.10 Å². The van der Waals surface area contributed by atoms with Crippen LogP contribution in [-0.2, 0) is 13.6 Å². The number of ether oxygens (including phenoxy) is 2. The summed E-state index contributed by atoms with van der Waals surface area (Å²) in [6, 6.07) is 6.20. The fraction of sp³-hybridized carbons (Fsp3) is 0.526. The van der Waals surface area contributed by atoms with E-state index in [2.05, 4.69) is 16.1 Å². The molecule has 2 aromatic rings. The molecule has 1 aromatic heterocycles. The van der Waals surface area contributed by atoms with E-state index in [1.54, 1.807) is 14.2 Å². The summed E-state index contributed by atoms with van der Waals surface area (Å²) in [5, 5.41) is 14.8. The number of hydrogen-bond donors (Lipinski definition) is 1. The van der Waals surface area contributed by atoms with Gasteiger partial charge < -0.3 is 14.6 Å². The van der Waals surface area contributed by atoms with Gasteiger partial charge in [-0.3, -0.25) is 9.58 Å². The van der Waals surface area contributed by atoms with Crippen molar-refractivity contribution in [3.8, 4) is 17.2 Å². The summed E-state index contributed by atoms with van der Waals surface area (Å²) >= 11 is 0. The van der Waals surface area contributed by atoms with E-state index in [0.717, 1.165) is 30.8 Å². The molecule has 0 bridgehead atoms. The number of aryl methyl sites for hydroxylation is 1. The average Bonchev–Trinajstić information content (AvgIpc) is 2.91. The second-order valence-corrected chi connectivity index (χ2v) is 6.60. The van der Waals surface area contributed by atoms with Crippen LogP contribution in [0, 0.1) is 0 Å². The van der Waals surface area contributed by atoms with E-state index >= 15 is 0 Å². The largest absolute Gasteiger partial charge is 0.502 e. The van der Waals surface area contributed by atoms with Gasteiger partial charge in [0.25, 0.3) is 0 Å². The lowest BCUT2D eigenvalue weighted by molar-refractivity contribution is 0.187. The summed E-state index contributed by atoms with van der Waals surface area (Å²) in [4.78, 5) is 2.47. The molecule has 6 nitrogen and oxygen atoms in total. The molecule has 0 saturated carbocycles. The third-order valence-corrected chi connectivity index (χ3v) is 4.86. The molecule has 0 aliphatic carbocycles. The van der Waals surface area contributed by atoms with E-state index < -0.39 is 0 Å². The van der Waals surface area contributed by atoms with Crippen molar-refractivity contribution in [1.29, 1.82) is 0 Å². The molecule has 1 aromatic carbocycles. The summed E-state index contributed by atoms with van der Waals surface area (Å²) in [5.74, 6) is 0.933. The van der Waals surface area contributed by atoms with E-state index in [1.807, 2.05) is 30.1 Å². The maximum absolute atomic E-state index is 10.1. The lowest BCUT2D eigenvalue weighted by Crippen LogP contribution is -2.28. The Kier molecular flexibility index (Phi) is 5.48. The standard InChI is InChI=1S/C19H27N3O3/c1-21-10-8-15(20-21)16-7-5-4-6-9-22(16)13-14-11-17(24-2)19(23)18(12-14)25-3/h8,10-12,16,23H,4-7,9,13H2,1-3H3. The zero-order valence-electron chi connectivity index (χ0n) is 15.2. The van der Waals surface area contributed by atoms with Gasteiger partial charge in [-0.1, -0.05) is 12.8 Å². The average molecular weight is 345 g/mol. The molecular formula is C19H27N3O3. The van der Waals surface area contributed by atoms with Crippen LogP contribution in [0.25, 0.3) is 0 Å². The normalized spacial score (nSPS) is 18.8. The maximum atomic E-state index is 10.1. The van der Waals surface area contributed by atoms with Crippen LogP contribution in [0.1, 0.15) is 43.0 Å². The van der Waals surface area contributed by atoms with Crippen molar-refractivity contribution in [2.24, 2.45) is 7.05 Å². The molecule has 1 saturated heterocycles. The summed E-state index contributed by atoms with van der Waals surface area (Å²) < 4.78 is 12.5. The van der Waals surface area contributed by atoms with Gasteiger partial charge in [-0.05, 0) is 43.1 Å². The Labute approximate surface area is 149 Å². The molecule has 1 N–H and O–H groups in total. The molecule has 1 aliphatic rings. The number of hydrogen-bond acceptors (Lipinski definition) is 5. The molecule has 6 heteroatoms. The summed E-state index contributed by atoms with van der Waals surface area (Å²) in [6.07, 6.45) is 6.78. The van der Waals surface area contributed by atoms with Gasteiger partial charge in [0.15, 0.2) is 11.5 Å². The highest BCUT2D eigenvalue weighted by atomic mass is 16.5. The minimum atomic E-state index is 0.0471. The highest BCUT2D eigenvalue weighted by molar-refractivity contribution is 5.52. The van der Waals surface area contributed by atoms with Crippen LogP contribution >= 0.6 is 0 Å². The number of phenols is 1.